The molecule has 1 aliphatic heterocycles. The van der Waals surface area contributed by atoms with Crippen molar-refractivity contribution in [3.05, 3.63) is 65.5 Å². The van der Waals surface area contributed by atoms with Crippen LogP contribution in [0.15, 0.2) is 53.8 Å². The van der Waals surface area contributed by atoms with E-state index in [0.717, 1.165) is 11.1 Å². The summed E-state index contributed by atoms with van der Waals surface area (Å²) in [5, 5.41) is 4.89. The quantitative estimate of drug-likeness (QED) is 0.878. The van der Waals surface area contributed by atoms with E-state index in [9.17, 15) is 4.79 Å². The molecule has 25 heavy (non-hydrogen) atoms. The van der Waals surface area contributed by atoms with E-state index >= 15 is 0 Å². The average Bonchev–Trinajstić information content (AvgIpc) is 3.05. The minimum atomic E-state index is -0.452. The van der Waals surface area contributed by atoms with Gasteiger partial charge in [0, 0.05) is 30.4 Å². The molecule has 2 aromatic rings. The van der Waals surface area contributed by atoms with E-state index in [2.05, 4.69) is 51.9 Å². The lowest BCUT2D eigenvalue weighted by molar-refractivity contribution is -0.138. The Morgan fingerprint density at radius 3 is 2.68 bits per heavy atom. The Kier molecular flexibility index (Phi) is 5.09. The first-order valence-corrected chi connectivity index (χ1v) is 8.41. The molecule has 0 bridgehead atoms. The zero-order chi connectivity index (χ0) is 17.8. The molecular weight excluding hydrogens is 314 g/mol. The molecule has 6 heteroatoms. The number of benzene rings is 1. The van der Waals surface area contributed by atoms with Crippen molar-refractivity contribution >= 4 is 11.7 Å². The largest absolute Gasteiger partial charge is 0.276 e. The Hall–Kier alpha value is -2.73. The van der Waals surface area contributed by atoms with Crippen LogP contribution in [0.2, 0.25) is 0 Å². The number of aromatic nitrogens is 1. The van der Waals surface area contributed by atoms with E-state index < -0.39 is 6.29 Å². The fraction of sp³-hybridized carbons (Fsp3) is 0.316. The molecule has 2 N–H and O–H groups in total. The Labute approximate surface area is 148 Å². The van der Waals surface area contributed by atoms with Gasteiger partial charge in [-0.2, -0.15) is 0 Å². The first kappa shape index (κ1) is 17.1. The van der Waals surface area contributed by atoms with Crippen LogP contribution in [0.4, 0.5) is 0 Å². The Balaban J connectivity index is 1.77. The summed E-state index contributed by atoms with van der Waals surface area (Å²) in [6.45, 7) is 6.44. The topological polar surface area (TPSA) is 69.6 Å². The van der Waals surface area contributed by atoms with Gasteiger partial charge in [0.2, 0.25) is 5.91 Å². The minimum absolute atomic E-state index is 0.0101. The van der Waals surface area contributed by atoms with Crippen molar-refractivity contribution < 1.29 is 4.79 Å². The zero-order valence-corrected chi connectivity index (χ0v) is 14.7. The van der Waals surface area contributed by atoms with Crippen molar-refractivity contribution in [2.75, 3.05) is 0 Å². The summed E-state index contributed by atoms with van der Waals surface area (Å²) in [6.07, 6.45) is 2.99. The van der Waals surface area contributed by atoms with Crippen molar-refractivity contribution in [1.29, 1.82) is 0 Å². The van der Waals surface area contributed by atoms with Gasteiger partial charge in [-0.15, -0.1) is 0 Å². The van der Waals surface area contributed by atoms with Crippen molar-refractivity contribution in [2.45, 2.75) is 33.6 Å². The molecule has 1 aromatic carbocycles. The number of carbonyl (C=O) groups excluding carboxylic acids is 1. The van der Waals surface area contributed by atoms with Crippen LogP contribution in [0.5, 0.6) is 0 Å². The standard InChI is InChI=1S/C19H23N5O/c1-13(2)18(25)24-19(21-11-15-8-6-14(3)7-9-15)22-17(23-24)16-5-4-10-20-12-16/h4-10,12-13,19,21H,11H2,1-3H3,(H,22,23). The summed E-state index contributed by atoms with van der Waals surface area (Å²) in [6, 6.07) is 12.1. The lowest BCUT2D eigenvalue weighted by Gasteiger charge is -2.25. The molecule has 1 aliphatic rings. The lowest BCUT2D eigenvalue weighted by atomic mass is 10.1. The number of aryl methyl sites for hydroxylation is 1. The third-order valence-electron chi connectivity index (χ3n) is 4.00. The van der Waals surface area contributed by atoms with Gasteiger partial charge in [-0.3, -0.25) is 20.5 Å². The summed E-state index contributed by atoms with van der Waals surface area (Å²) in [7, 11) is 0. The number of hydrogen-bond acceptors (Lipinski definition) is 5. The molecular formula is C19H23N5O. The maximum atomic E-state index is 12.5. The van der Waals surface area contributed by atoms with E-state index in [1.165, 1.54) is 5.56 Å². The molecule has 0 aliphatic carbocycles. The highest BCUT2D eigenvalue weighted by Crippen LogP contribution is 2.13. The highest BCUT2D eigenvalue weighted by atomic mass is 16.2. The first-order chi connectivity index (χ1) is 12.0. The molecule has 0 fully saturated rings. The number of pyridine rings is 1. The molecule has 1 amide bonds. The highest BCUT2D eigenvalue weighted by molar-refractivity contribution is 6.01. The van der Waals surface area contributed by atoms with Gasteiger partial charge in [0.1, 0.15) is 0 Å². The number of carbonyl (C=O) groups is 1. The maximum Gasteiger partial charge on any atom is 0.246 e. The predicted octanol–water partition coefficient (Wildman–Crippen LogP) is 2.21. The summed E-state index contributed by atoms with van der Waals surface area (Å²) in [5.41, 5.74) is 6.33. The van der Waals surface area contributed by atoms with E-state index in [1.54, 1.807) is 17.4 Å². The van der Waals surface area contributed by atoms with Gasteiger partial charge >= 0.3 is 0 Å². The van der Waals surface area contributed by atoms with Crippen LogP contribution < -0.4 is 10.7 Å². The van der Waals surface area contributed by atoms with Crippen LogP contribution in [0, 0.1) is 12.8 Å². The SMILES string of the molecule is Cc1ccc(CNC2N=C(c3cccnc3)NN2C(=O)C(C)C)cc1. The zero-order valence-electron chi connectivity index (χ0n) is 14.7. The van der Waals surface area contributed by atoms with Crippen LogP contribution in [0.3, 0.4) is 0 Å². The number of rotatable bonds is 5. The van der Waals surface area contributed by atoms with Crippen molar-refractivity contribution in [2.24, 2.45) is 10.9 Å². The van der Waals surface area contributed by atoms with E-state index in [-0.39, 0.29) is 11.8 Å². The van der Waals surface area contributed by atoms with E-state index in [0.29, 0.717) is 12.4 Å². The Bertz CT molecular complexity index is 755. The molecule has 1 atom stereocenters. The van der Waals surface area contributed by atoms with Crippen LogP contribution in [-0.4, -0.2) is 28.0 Å². The molecule has 1 unspecified atom stereocenters. The number of amidine groups is 1. The van der Waals surface area contributed by atoms with Crippen molar-refractivity contribution in [3.63, 3.8) is 0 Å². The molecule has 0 saturated carbocycles. The molecule has 0 spiro atoms. The monoisotopic (exact) mass is 337 g/mol. The molecule has 3 rings (SSSR count). The second kappa shape index (κ2) is 7.44. The lowest BCUT2D eigenvalue weighted by Crippen LogP contribution is -2.52. The molecule has 1 aromatic heterocycles. The van der Waals surface area contributed by atoms with Gasteiger partial charge in [-0.1, -0.05) is 43.7 Å². The number of hydrazine groups is 1. The van der Waals surface area contributed by atoms with Gasteiger partial charge in [0.05, 0.1) is 0 Å². The minimum Gasteiger partial charge on any atom is -0.276 e. The van der Waals surface area contributed by atoms with Crippen LogP contribution in [0.1, 0.15) is 30.5 Å². The Morgan fingerprint density at radius 2 is 2.04 bits per heavy atom. The predicted molar refractivity (Wildman–Crippen MR) is 97.4 cm³/mol. The fourth-order valence-electron chi connectivity index (χ4n) is 2.53. The third-order valence-corrected chi connectivity index (χ3v) is 4.00. The average molecular weight is 337 g/mol. The van der Waals surface area contributed by atoms with Crippen LogP contribution in [-0.2, 0) is 11.3 Å². The molecule has 0 radical (unpaired) electrons. The normalized spacial score (nSPS) is 16.7. The van der Waals surface area contributed by atoms with Gasteiger partial charge in [-0.25, -0.2) is 10.0 Å². The van der Waals surface area contributed by atoms with Crippen LogP contribution >= 0.6 is 0 Å². The number of nitrogens with one attached hydrogen (secondary N) is 2. The fourth-order valence-corrected chi connectivity index (χ4v) is 2.53. The number of aliphatic imine (C=N–C) groups is 1. The first-order valence-electron chi connectivity index (χ1n) is 8.41. The van der Waals surface area contributed by atoms with Crippen molar-refractivity contribution in [3.8, 4) is 0 Å². The molecule has 130 valence electrons. The Morgan fingerprint density at radius 1 is 1.28 bits per heavy atom. The summed E-state index contributed by atoms with van der Waals surface area (Å²) < 4.78 is 0. The van der Waals surface area contributed by atoms with Crippen LogP contribution in [0.25, 0.3) is 0 Å². The highest BCUT2D eigenvalue weighted by Gasteiger charge is 2.31. The summed E-state index contributed by atoms with van der Waals surface area (Å²) in [5.74, 6) is 0.507. The third kappa shape index (κ3) is 4.03. The number of nitrogens with zero attached hydrogens (tertiary/aromatic N) is 3. The van der Waals surface area contributed by atoms with Gasteiger partial charge < -0.3 is 0 Å². The van der Waals surface area contributed by atoms with E-state index in [1.807, 2.05) is 26.0 Å². The maximum absolute atomic E-state index is 12.5. The summed E-state index contributed by atoms with van der Waals surface area (Å²) >= 11 is 0. The van der Waals surface area contributed by atoms with Gasteiger partial charge in [-0.05, 0) is 24.6 Å². The second-order valence-electron chi connectivity index (χ2n) is 6.43. The number of amides is 1. The molecule has 0 saturated heterocycles. The molecule has 6 nitrogen and oxygen atoms in total. The van der Waals surface area contributed by atoms with Gasteiger partial charge in [0.15, 0.2) is 12.1 Å². The molecule has 2 heterocycles. The van der Waals surface area contributed by atoms with Crippen molar-refractivity contribution in [1.82, 2.24) is 20.7 Å². The summed E-state index contributed by atoms with van der Waals surface area (Å²) in [4.78, 5) is 21.3. The van der Waals surface area contributed by atoms with Gasteiger partial charge in [0.25, 0.3) is 0 Å². The smallest absolute Gasteiger partial charge is 0.246 e. The second-order valence-corrected chi connectivity index (χ2v) is 6.43. The number of hydrogen-bond donors (Lipinski definition) is 2. The van der Waals surface area contributed by atoms with E-state index in [4.69, 9.17) is 0 Å².